The molecule has 2 N–H and O–H groups in total. The maximum Gasteiger partial charge on any atom is 0.247 e. The van der Waals surface area contributed by atoms with Crippen LogP contribution in [0.1, 0.15) is 58.8 Å². The molecule has 1 amide bonds. The van der Waals surface area contributed by atoms with Gasteiger partial charge in [0.1, 0.15) is 6.04 Å². The fraction of sp³-hybridized carbons (Fsp3) is 0.789. The molecular formula is C19H31N3O3. The molecule has 3 rings (SSSR count). The Labute approximate surface area is 150 Å². The van der Waals surface area contributed by atoms with Crippen molar-refractivity contribution in [2.24, 2.45) is 11.8 Å². The Hall–Kier alpha value is -1.56. The van der Waals surface area contributed by atoms with E-state index in [0.29, 0.717) is 11.8 Å². The van der Waals surface area contributed by atoms with Crippen LogP contribution in [0.4, 0.5) is 0 Å². The number of hydrazine groups is 1. The summed E-state index contributed by atoms with van der Waals surface area (Å²) in [6.45, 7) is 5.91. The van der Waals surface area contributed by atoms with Crippen LogP contribution in [0.15, 0.2) is 11.8 Å². The number of hydrogen-bond acceptors (Lipinski definition) is 4. The predicted molar refractivity (Wildman–Crippen MR) is 92.0 cm³/mol. The highest BCUT2D eigenvalue weighted by atomic mass is 16.4. The zero-order chi connectivity index (χ0) is 18.0. The van der Waals surface area contributed by atoms with E-state index in [9.17, 15) is 14.7 Å². The zero-order valence-electron chi connectivity index (χ0n) is 15.4. The van der Waals surface area contributed by atoms with Crippen LogP contribution < -0.4 is 15.4 Å². The number of carbonyl (C=O) groups is 2. The molecule has 6 nitrogen and oxygen atoms in total. The molecular weight excluding hydrogens is 318 g/mol. The molecule has 0 aromatic heterocycles. The maximum atomic E-state index is 13.0. The Kier molecular flexibility index (Phi) is 5.67. The van der Waals surface area contributed by atoms with Crippen LogP contribution in [-0.2, 0) is 9.59 Å². The highest BCUT2D eigenvalue weighted by Gasteiger charge is 2.43. The van der Waals surface area contributed by atoms with Crippen LogP contribution in [0.2, 0.25) is 0 Å². The summed E-state index contributed by atoms with van der Waals surface area (Å²) in [7, 11) is 0. The number of fused-ring (bicyclic) bond motifs is 1. The molecule has 0 unspecified atom stereocenters. The largest absolute Gasteiger partial charge is 0.544 e. The van der Waals surface area contributed by atoms with E-state index in [-0.39, 0.29) is 18.4 Å². The lowest BCUT2D eigenvalue weighted by molar-refractivity contribution is -0.922. The van der Waals surface area contributed by atoms with E-state index in [1.807, 2.05) is 0 Å². The van der Waals surface area contributed by atoms with Crippen molar-refractivity contribution in [3.63, 3.8) is 0 Å². The molecule has 2 heterocycles. The average Bonchev–Trinajstić information content (AvgIpc) is 2.99. The second-order valence-corrected chi connectivity index (χ2v) is 8.10. The highest BCUT2D eigenvalue weighted by Crippen LogP contribution is 2.37. The summed E-state index contributed by atoms with van der Waals surface area (Å²) in [5.41, 5.74) is 4.44. The molecule has 2 saturated heterocycles. The number of carbonyl (C=O) groups excluding carboxylic acids is 2. The van der Waals surface area contributed by atoms with Crippen molar-refractivity contribution < 1.29 is 19.6 Å². The van der Waals surface area contributed by atoms with Gasteiger partial charge in [-0.15, -0.1) is 0 Å². The van der Waals surface area contributed by atoms with Gasteiger partial charge in [0.15, 0.2) is 0 Å². The fourth-order valence-corrected chi connectivity index (χ4v) is 4.79. The van der Waals surface area contributed by atoms with Gasteiger partial charge in [-0.3, -0.25) is 15.2 Å². The molecule has 25 heavy (non-hydrogen) atoms. The van der Waals surface area contributed by atoms with E-state index < -0.39 is 12.0 Å². The second-order valence-electron chi connectivity index (χ2n) is 8.10. The van der Waals surface area contributed by atoms with Crippen LogP contribution >= 0.6 is 0 Å². The van der Waals surface area contributed by atoms with Gasteiger partial charge in [-0.05, 0) is 44.4 Å². The molecule has 2 fully saturated rings. The Morgan fingerprint density at radius 1 is 1.28 bits per heavy atom. The van der Waals surface area contributed by atoms with E-state index in [2.05, 4.69) is 25.3 Å². The normalized spacial score (nSPS) is 28.3. The Balaban J connectivity index is 1.73. The first-order valence-electron chi connectivity index (χ1n) is 9.83. The summed E-state index contributed by atoms with van der Waals surface area (Å²) < 4.78 is 0. The van der Waals surface area contributed by atoms with Gasteiger partial charge in [-0.2, -0.15) is 0 Å². The molecule has 0 aromatic carbocycles. The summed E-state index contributed by atoms with van der Waals surface area (Å²) in [5, 5.41) is 13.4. The number of hydrogen-bond donors (Lipinski definition) is 2. The monoisotopic (exact) mass is 349 g/mol. The van der Waals surface area contributed by atoms with E-state index in [1.54, 1.807) is 5.01 Å². The van der Waals surface area contributed by atoms with E-state index in [0.717, 1.165) is 62.2 Å². The van der Waals surface area contributed by atoms with Crippen molar-refractivity contribution in [3.05, 3.63) is 11.8 Å². The summed E-state index contributed by atoms with van der Waals surface area (Å²) in [5.74, 6) is -0.515. The summed E-state index contributed by atoms with van der Waals surface area (Å²) in [6, 6.07) is -0.628. The van der Waals surface area contributed by atoms with Gasteiger partial charge >= 0.3 is 0 Å². The van der Waals surface area contributed by atoms with Gasteiger partial charge in [0.2, 0.25) is 5.91 Å². The minimum absolute atomic E-state index is 0.0217. The van der Waals surface area contributed by atoms with Crippen molar-refractivity contribution in [1.29, 1.82) is 0 Å². The minimum atomic E-state index is -1.10. The highest BCUT2D eigenvalue weighted by molar-refractivity contribution is 5.83. The van der Waals surface area contributed by atoms with Gasteiger partial charge < -0.3 is 14.8 Å². The Bertz CT molecular complexity index is 540. The number of allylic oxidation sites excluding steroid dienone is 1. The molecule has 0 spiro atoms. The summed E-state index contributed by atoms with van der Waals surface area (Å²) in [6.07, 6.45) is 8.71. The fourth-order valence-electron chi connectivity index (χ4n) is 4.79. The van der Waals surface area contributed by atoms with Gasteiger partial charge in [0, 0.05) is 11.6 Å². The number of carboxylic acid groups (broad SMARTS) is 1. The van der Waals surface area contributed by atoms with Gasteiger partial charge in [0.25, 0.3) is 0 Å². The van der Waals surface area contributed by atoms with Crippen molar-refractivity contribution in [3.8, 4) is 0 Å². The third-order valence-corrected chi connectivity index (χ3v) is 6.05. The molecule has 0 radical (unpaired) electrons. The van der Waals surface area contributed by atoms with Crippen molar-refractivity contribution in [2.45, 2.75) is 70.9 Å². The molecule has 3 aliphatic rings. The van der Waals surface area contributed by atoms with Crippen molar-refractivity contribution in [1.82, 2.24) is 10.4 Å². The first-order chi connectivity index (χ1) is 12.0. The number of amides is 1. The van der Waals surface area contributed by atoms with Crippen molar-refractivity contribution in [2.75, 3.05) is 13.1 Å². The number of aliphatic carboxylic acids is 1. The second kappa shape index (κ2) is 7.77. The number of rotatable bonds is 5. The number of likely N-dealkylation sites (tertiary alicyclic amines) is 1. The molecule has 1 aliphatic carbocycles. The van der Waals surface area contributed by atoms with Crippen LogP contribution in [0.3, 0.4) is 0 Å². The maximum absolute atomic E-state index is 13.0. The number of nitrogens with one attached hydrogen (secondary N) is 2. The lowest BCUT2D eigenvalue weighted by Gasteiger charge is -2.34. The van der Waals surface area contributed by atoms with Crippen LogP contribution in [0, 0.1) is 11.8 Å². The topological polar surface area (TPSA) is 76.9 Å². The minimum Gasteiger partial charge on any atom is -0.544 e. The lowest BCUT2D eigenvalue weighted by atomic mass is 9.83. The van der Waals surface area contributed by atoms with Gasteiger partial charge in [0.05, 0.1) is 31.5 Å². The first kappa shape index (κ1) is 18.2. The van der Waals surface area contributed by atoms with E-state index in [1.165, 1.54) is 0 Å². The summed E-state index contributed by atoms with van der Waals surface area (Å²) in [4.78, 5) is 25.7. The number of quaternary nitrogens is 1. The molecule has 3 atom stereocenters. The molecule has 0 aromatic rings. The third kappa shape index (κ3) is 3.84. The summed E-state index contributed by atoms with van der Waals surface area (Å²) >= 11 is 0. The lowest BCUT2D eigenvalue weighted by Crippen LogP contribution is -3.18. The molecule has 0 bridgehead atoms. The van der Waals surface area contributed by atoms with Crippen LogP contribution in [0.25, 0.3) is 0 Å². The standard InChI is InChI=1S/C19H31N3O3/c1-13(2)18-14-8-4-5-9-15(14)20-22(18)17(23)12-16(19(24)25)21-10-6-3-7-11-21/h9,13-14,16,18,20H,3-8,10-12H2,1-2H3,(H,24,25)/t14-,16+,18+/m0/s1. The van der Waals surface area contributed by atoms with Crippen LogP contribution in [-0.4, -0.2) is 42.1 Å². The Morgan fingerprint density at radius 2 is 2.00 bits per heavy atom. The third-order valence-electron chi connectivity index (χ3n) is 6.05. The Morgan fingerprint density at radius 3 is 2.64 bits per heavy atom. The molecule has 2 aliphatic heterocycles. The van der Waals surface area contributed by atoms with Gasteiger partial charge in [-0.25, -0.2) is 0 Å². The number of nitrogens with zero attached hydrogens (tertiary/aromatic N) is 1. The number of piperidine rings is 1. The SMILES string of the molecule is CC(C)[C@@H]1[C@H]2CCCC=C2NN1C(=O)C[C@H](C(=O)[O-])[NH+]1CCCCC1. The quantitative estimate of drug-likeness (QED) is 0.709. The molecule has 6 heteroatoms. The molecule has 0 saturated carbocycles. The zero-order valence-corrected chi connectivity index (χ0v) is 15.4. The van der Waals surface area contributed by atoms with Gasteiger partial charge in [-0.1, -0.05) is 19.9 Å². The smallest absolute Gasteiger partial charge is 0.247 e. The van der Waals surface area contributed by atoms with E-state index >= 15 is 0 Å². The van der Waals surface area contributed by atoms with E-state index in [4.69, 9.17) is 0 Å². The number of carboxylic acids is 1. The predicted octanol–water partition coefficient (Wildman–Crippen LogP) is -0.381. The molecule has 140 valence electrons. The van der Waals surface area contributed by atoms with Crippen molar-refractivity contribution >= 4 is 11.9 Å². The van der Waals surface area contributed by atoms with Crippen LogP contribution in [0.5, 0.6) is 0 Å². The average molecular weight is 349 g/mol. The first-order valence-corrected chi connectivity index (χ1v) is 9.83.